The summed E-state index contributed by atoms with van der Waals surface area (Å²) in [6.45, 7) is 11.9. The Kier molecular flexibility index (Phi) is 10.1. The van der Waals surface area contributed by atoms with Crippen LogP contribution >= 0.6 is 0 Å². The smallest absolute Gasteiger partial charge is 0.242 e. The lowest BCUT2D eigenvalue weighted by atomic mass is 10.1. The molecule has 2 aromatic rings. The van der Waals surface area contributed by atoms with Crippen LogP contribution in [0.1, 0.15) is 57.2 Å². The summed E-state index contributed by atoms with van der Waals surface area (Å²) in [6.07, 6.45) is 2.28. The quantitative estimate of drug-likeness (QED) is 0.485. The molecule has 0 aliphatic heterocycles. The van der Waals surface area contributed by atoms with Gasteiger partial charge in [0.25, 0.3) is 0 Å². The van der Waals surface area contributed by atoms with Crippen LogP contribution in [-0.2, 0) is 26.0 Å². The molecule has 0 spiro atoms. The number of nitrogens with one attached hydrogen (secondary N) is 1. The number of aryl methyl sites for hydroxylation is 2. The summed E-state index contributed by atoms with van der Waals surface area (Å²) in [4.78, 5) is 27.8. The highest BCUT2D eigenvalue weighted by Crippen LogP contribution is 2.22. The summed E-state index contributed by atoms with van der Waals surface area (Å²) < 4.78 is 26.4. The fourth-order valence-corrected chi connectivity index (χ4v) is 5.09. The molecule has 0 radical (unpaired) electrons. The Bertz CT molecular complexity index is 1120. The Labute approximate surface area is 216 Å². The third kappa shape index (κ3) is 9.30. The second-order valence-electron chi connectivity index (χ2n) is 10.5. The van der Waals surface area contributed by atoms with E-state index in [9.17, 15) is 18.0 Å². The van der Waals surface area contributed by atoms with E-state index in [4.69, 9.17) is 0 Å². The number of rotatable bonds is 11. The second kappa shape index (κ2) is 12.4. The molecule has 7 nitrogen and oxygen atoms in total. The number of hydrogen-bond donors (Lipinski definition) is 1. The SMILES string of the molecule is Cc1cc(C)cc(N(CCCC(=O)N(CCc2ccccc2)C(C)C(=O)NC(C)(C)C)S(C)(=O)=O)c1. The fraction of sp³-hybridized carbons (Fsp3) is 0.500. The van der Waals surface area contributed by atoms with Gasteiger partial charge in [0.15, 0.2) is 0 Å². The lowest BCUT2D eigenvalue weighted by Crippen LogP contribution is -2.53. The second-order valence-corrected chi connectivity index (χ2v) is 12.4. The van der Waals surface area contributed by atoms with Gasteiger partial charge >= 0.3 is 0 Å². The van der Waals surface area contributed by atoms with Crippen molar-refractivity contribution in [2.24, 2.45) is 0 Å². The van der Waals surface area contributed by atoms with Crippen molar-refractivity contribution in [3.8, 4) is 0 Å². The van der Waals surface area contributed by atoms with Gasteiger partial charge < -0.3 is 10.2 Å². The first-order chi connectivity index (χ1) is 16.7. The zero-order valence-corrected chi connectivity index (χ0v) is 23.5. The molecule has 2 aromatic carbocycles. The van der Waals surface area contributed by atoms with E-state index in [-0.39, 0.29) is 24.8 Å². The van der Waals surface area contributed by atoms with Crippen LogP contribution in [0.4, 0.5) is 5.69 Å². The molecule has 2 rings (SSSR count). The molecule has 198 valence electrons. The number of nitrogens with zero attached hydrogens (tertiary/aromatic N) is 2. The van der Waals surface area contributed by atoms with Gasteiger partial charge in [-0.25, -0.2) is 8.42 Å². The first-order valence-electron chi connectivity index (χ1n) is 12.4. The Morgan fingerprint density at radius 2 is 1.56 bits per heavy atom. The van der Waals surface area contributed by atoms with E-state index in [0.29, 0.717) is 25.1 Å². The van der Waals surface area contributed by atoms with Crippen molar-refractivity contribution in [1.82, 2.24) is 10.2 Å². The first-order valence-corrected chi connectivity index (χ1v) is 14.2. The fourth-order valence-electron chi connectivity index (χ4n) is 4.14. The molecule has 1 atom stereocenters. The van der Waals surface area contributed by atoms with Gasteiger partial charge in [0.05, 0.1) is 11.9 Å². The molecule has 8 heteroatoms. The van der Waals surface area contributed by atoms with Crippen LogP contribution < -0.4 is 9.62 Å². The summed E-state index contributed by atoms with van der Waals surface area (Å²) in [5, 5.41) is 2.96. The molecule has 0 saturated heterocycles. The van der Waals surface area contributed by atoms with E-state index in [2.05, 4.69) is 5.32 Å². The summed E-state index contributed by atoms with van der Waals surface area (Å²) in [5.74, 6) is -0.381. The largest absolute Gasteiger partial charge is 0.350 e. The lowest BCUT2D eigenvalue weighted by Gasteiger charge is -2.32. The molecule has 0 heterocycles. The zero-order chi connectivity index (χ0) is 27.1. The van der Waals surface area contributed by atoms with Crippen molar-refractivity contribution in [1.29, 1.82) is 0 Å². The van der Waals surface area contributed by atoms with Crippen molar-refractivity contribution < 1.29 is 18.0 Å². The van der Waals surface area contributed by atoms with Crippen LogP contribution in [-0.4, -0.2) is 56.1 Å². The zero-order valence-electron chi connectivity index (χ0n) is 22.7. The van der Waals surface area contributed by atoms with E-state index in [1.54, 1.807) is 11.8 Å². The number of benzene rings is 2. The molecule has 2 amide bonds. The average molecular weight is 516 g/mol. The number of hydrogen-bond acceptors (Lipinski definition) is 4. The lowest BCUT2D eigenvalue weighted by molar-refractivity contribution is -0.140. The highest BCUT2D eigenvalue weighted by atomic mass is 32.2. The predicted octanol–water partition coefficient (Wildman–Crippen LogP) is 4.22. The molecule has 0 aliphatic carbocycles. The molecule has 0 bridgehead atoms. The van der Waals surface area contributed by atoms with E-state index in [0.717, 1.165) is 16.7 Å². The van der Waals surface area contributed by atoms with Gasteiger partial charge in [-0.3, -0.25) is 13.9 Å². The maximum atomic E-state index is 13.3. The molecule has 0 fully saturated rings. The highest BCUT2D eigenvalue weighted by molar-refractivity contribution is 7.92. The van der Waals surface area contributed by atoms with Gasteiger partial charge in [0, 0.05) is 25.0 Å². The predicted molar refractivity (Wildman–Crippen MR) is 147 cm³/mol. The third-order valence-corrected chi connectivity index (χ3v) is 6.99. The van der Waals surface area contributed by atoms with Crippen molar-refractivity contribution >= 4 is 27.5 Å². The van der Waals surface area contributed by atoms with Crippen LogP contribution in [0.5, 0.6) is 0 Å². The van der Waals surface area contributed by atoms with Gasteiger partial charge in [0.1, 0.15) is 6.04 Å². The Hall–Kier alpha value is -2.87. The van der Waals surface area contributed by atoms with Gasteiger partial charge in [-0.1, -0.05) is 36.4 Å². The maximum absolute atomic E-state index is 13.3. The van der Waals surface area contributed by atoms with Crippen LogP contribution in [0.3, 0.4) is 0 Å². The molecule has 36 heavy (non-hydrogen) atoms. The molecule has 0 saturated carbocycles. The Balaban J connectivity index is 2.15. The minimum Gasteiger partial charge on any atom is -0.350 e. The maximum Gasteiger partial charge on any atom is 0.242 e. The minimum absolute atomic E-state index is 0.138. The van der Waals surface area contributed by atoms with Gasteiger partial charge in [0.2, 0.25) is 21.8 Å². The van der Waals surface area contributed by atoms with Crippen molar-refractivity contribution in [2.45, 2.75) is 72.4 Å². The average Bonchev–Trinajstić information content (AvgIpc) is 2.74. The number of sulfonamides is 1. The molecular formula is C28H41N3O4S. The molecule has 1 N–H and O–H groups in total. The number of anilines is 1. The van der Waals surface area contributed by atoms with Gasteiger partial charge in [-0.15, -0.1) is 0 Å². The molecular weight excluding hydrogens is 474 g/mol. The topological polar surface area (TPSA) is 86.8 Å². The van der Waals surface area contributed by atoms with E-state index < -0.39 is 21.6 Å². The Morgan fingerprint density at radius 1 is 0.972 bits per heavy atom. The van der Waals surface area contributed by atoms with Crippen LogP contribution in [0.15, 0.2) is 48.5 Å². The van der Waals surface area contributed by atoms with E-state index in [1.807, 2.05) is 83.1 Å². The van der Waals surface area contributed by atoms with E-state index in [1.165, 1.54) is 10.6 Å². The number of amides is 2. The van der Waals surface area contributed by atoms with Crippen molar-refractivity contribution in [3.63, 3.8) is 0 Å². The van der Waals surface area contributed by atoms with Crippen LogP contribution in [0.2, 0.25) is 0 Å². The molecule has 0 aromatic heterocycles. The van der Waals surface area contributed by atoms with Crippen molar-refractivity contribution in [3.05, 3.63) is 65.2 Å². The van der Waals surface area contributed by atoms with Gasteiger partial charge in [-0.05, 0) is 83.2 Å². The van der Waals surface area contributed by atoms with Crippen LogP contribution in [0, 0.1) is 13.8 Å². The first kappa shape index (κ1) is 29.4. The number of carbonyl (C=O) groups excluding carboxylic acids is 2. The van der Waals surface area contributed by atoms with Crippen LogP contribution in [0.25, 0.3) is 0 Å². The molecule has 1 unspecified atom stereocenters. The van der Waals surface area contributed by atoms with E-state index >= 15 is 0 Å². The monoisotopic (exact) mass is 515 g/mol. The minimum atomic E-state index is -3.52. The summed E-state index contributed by atoms with van der Waals surface area (Å²) in [6, 6.07) is 14.8. The third-order valence-electron chi connectivity index (χ3n) is 5.80. The summed E-state index contributed by atoms with van der Waals surface area (Å²) >= 11 is 0. The summed E-state index contributed by atoms with van der Waals surface area (Å²) in [7, 11) is -3.52. The summed E-state index contributed by atoms with van der Waals surface area (Å²) in [5.41, 5.74) is 3.21. The normalized spacial score (nSPS) is 12.6. The van der Waals surface area contributed by atoms with Gasteiger partial charge in [-0.2, -0.15) is 0 Å². The van der Waals surface area contributed by atoms with Crippen molar-refractivity contribution in [2.75, 3.05) is 23.7 Å². The molecule has 0 aliphatic rings. The number of carbonyl (C=O) groups is 2. The Morgan fingerprint density at radius 3 is 2.08 bits per heavy atom. The highest BCUT2D eigenvalue weighted by Gasteiger charge is 2.28. The standard InChI is InChI=1S/C28H41N3O4S/c1-21-18-22(2)20-25(19-21)31(36(7,34)35)16-11-14-26(32)30(17-15-24-12-9-8-10-13-24)23(3)27(33)29-28(4,5)6/h8-10,12-13,18-20,23H,11,14-17H2,1-7H3,(H,29,33).